The molecule has 0 aliphatic heterocycles. The van der Waals surface area contributed by atoms with Crippen molar-refractivity contribution < 1.29 is 0 Å². The van der Waals surface area contributed by atoms with Crippen LogP contribution in [0.3, 0.4) is 0 Å². The molecule has 13 aromatic rings. The molecule has 4 heteroatoms. The lowest BCUT2D eigenvalue weighted by molar-refractivity contribution is 1.17. The van der Waals surface area contributed by atoms with Gasteiger partial charge in [-0.05, 0) is 86.5 Å². The molecule has 0 N–H and O–H groups in total. The van der Waals surface area contributed by atoms with E-state index in [1.54, 1.807) is 0 Å². The van der Waals surface area contributed by atoms with Crippen LogP contribution in [-0.2, 0) is 0 Å². The van der Waals surface area contributed by atoms with E-state index < -0.39 is 8.07 Å². The summed E-state index contributed by atoms with van der Waals surface area (Å²) in [6, 6.07) is 90.4. The van der Waals surface area contributed by atoms with Gasteiger partial charge in [0.2, 0.25) is 0 Å². The number of para-hydroxylation sites is 2. The van der Waals surface area contributed by atoms with Gasteiger partial charge in [-0.2, -0.15) is 0 Å². The van der Waals surface area contributed by atoms with E-state index in [1.807, 2.05) is 11.3 Å². The Morgan fingerprint density at radius 3 is 1.45 bits per heavy atom. The third kappa shape index (κ3) is 5.50. The lowest BCUT2D eigenvalue weighted by Gasteiger charge is -2.34. The number of thiophene rings is 1. The highest BCUT2D eigenvalue weighted by atomic mass is 32.1. The lowest BCUT2D eigenvalue weighted by Crippen LogP contribution is -2.74. The van der Waals surface area contributed by atoms with Crippen LogP contribution in [0.25, 0.3) is 86.3 Å². The predicted molar refractivity (Wildman–Crippen MR) is 277 cm³/mol. The van der Waals surface area contributed by atoms with Crippen LogP contribution < -0.4 is 20.7 Å². The molecule has 0 fully saturated rings. The van der Waals surface area contributed by atoms with Crippen LogP contribution >= 0.6 is 11.3 Å². The van der Waals surface area contributed by atoms with E-state index in [4.69, 9.17) is 0 Å². The molecule has 13 rings (SSSR count). The molecule has 300 valence electrons. The monoisotopic (exact) mass is 848 g/mol. The Morgan fingerprint density at radius 1 is 0.297 bits per heavy atom. The molecule has 0 saturated heterocycles. The largest absolute Gasteiger partial charge is 0.309 e. The molecule has 0 unspecified atom stereocenters. The summed E-state index contributed by atoms with van der Waals surface area (Å²) in [6.07, 6.45) is 0. The first-order chi connectivity index (χ1) is 31.8. The van der Waals surface area contributed by atoms with E-state index in [9.17, 15) is 0 Å². The van der Waals surface area contributed by atoms with Gasteiger partial charge >= 0.3 is 0 Å². The molecule has 0 atom stereocenters. The number of hydrogen-bond acceptors (Lipinski definition) is 1. The number of benzene rings is 10. The van der Waals surface area contributed by atoms with Crippen molar-refractivity contribution >= 4 is 104 Å². The van der Waals surface area contributed by atoms with Gasteiger partial charge in [-0.25, -0.2) is 0 Å². The van der Waals surface area contributed by atoms with Gasteiger partial charge in [0.15, 0.2) is 8.07 Å². The fraction of sp³-hybridized carbons (Fsp3) is 0. The highest BCUT2D eigenvalue weighted by Crippen LogP contribution is 2.42. The molecule has 0 aliphatic carbocycles. The Hall–Kier alpha value is -7.76. The Bertz CT molecular complexity index is 3790. The molecule has 0 radical (unpaired) electrons. The summed E-state index contributed by atoms with van der Waals surface area (Å²) in [7, 11) is -2.68. The molecule has 64 heavy (non-hydrogen) atoms. The minimum atomic E-state index is -2.68. The maximum atomic E-state index is 2.51. The minimum Gasteiger partial charge on any atom is -0.309 e. The average Bonchev–Trinajstić information content (AvgIpc) is 4.03. The van der Waals surface area contributed by atoms with Crippen molar-refractivity contribution in [2.45, 2.75) is 0 Å². The number of rotatable bonds is 7. The van der Waals surface area contributed by atoms with E-state index in [1.165, 1.54) is 101 Å². The molecule has 0 saturated carbocycles. The van der Waals surface area contributed by atoms with Crippen molar-refractivity contribution in [3.8, 4) is 22.5 Å². The molecule has 2 nitrogen and oxygen atoms in total. The standard InChI is InChI=1S/C60H40N2SSi/c1-4-17-44(18-5-1)64(45-19-6-2-7-20-45,46-21-8-3-9-22-46)47-35-33-43(34-36-47)61-54-27-14-11-25-52(54)60-55(61)28-16-29-56(60)62-53-26-13-10-23-48(53)49-37-31-41(39-57(49)62)42-32-38-51-50-24-12-15-30-58(50)63-59(51)40-42/h1-40H. The SMILES string of the molecule is c1ccc([Si](c2ccccc2)(c2ccccc2)c2ccc(-n3c4ccccc4c4c(-n5c6ccccc6c6ccc(-c7ccc8c(c7)sc7ccccc78)cc65)cccc43)cc2)cc1. The zero-order valence-corrected chi connectivity index (χ0v) is 36.7. The maximum Gasteiger partial charge on any atom is 0.179 e. The Kier molecular flexibility index (Phi) is 8.45. The van der Waals surface area contributed by atoms with Crippen LogP contribution in [0, 0.1) is 0 Å². The topological polar surface area (TPSA) is 9.86 Å². The van der Waals surface area contributed by atoms with Gasteiger partial charge in [0.05, 0.1) is 27.8 Å². The summed E-state index contributed by atoms with van der Waals surface area (Å²) in [5.41, 5.74) is 9.54. The molecule has 0 spiro atoms. The fourth-order valence-electron chi connectivity index (χ4n) is 10.7. The van der Waals surface area contributed by atoms with E-state index in [2.05, 4.69) is 252 Å². The molecule has 3 heterocycles. The summed E-state index contributed by atoms with van der Waals surface area (Å²) in [6.45, 7) is 0. The van der Waals surface area contributed by atoms with Crippen LogP contribution in [0.4, 0.5) is 0 Å². The molecule has 0 aliphatic rings. The lowest BCUT2D eigenvalue weighted by atomic mass is 10.0. The fourth-order valence-corrected chi connectivity index (χ4v) is 16.6. The predicted octanol–water partition coefficient (Wildman–Crippen LogP) is 13.3. The first-order valence-electron chi connectivity index (χ1n) is 22.0. The minimum absolute atomic E-state index is 1.14. The van der Waals surface area contributed by atoms with E-state index in [0.717, 1.165) is 5.69 Å². The summed E-state index contributed by atoms with van der Waals surface area (Å²) >= 11 is 1.87. The van der Waals surface area contributed by atoms with Gasteiger partial charge in [-0.1, -0.05) is 188 Å². The number of hydrogen-bond donors (Lipinski definition) is 0. The maximum absolute atomic E-state index is 2.68. The second-order valence-corrected chi connectivity index (χ2v) is 21.7. The summed E-state index contributed by atoms with van der Waals surface area (Å²) in [5, 5.41) is 13.1. The number of aromatic nitrogens is 2. The van der Waals surface area contributed by atoms with E-state index >= 15 is 0 Å². The normalized spacial score (nSPS) is 12.1. The smallest absolute Gasteiger partial charge is 0.179 e. The summed E-state index contributed by atoms with van der Waals surface area (Å²) < 4.78 is 7.62. The zero-order chi connectivity index (χ0) is 42.2. The number of fused-ring (bicyclic) bond motifs is 9. The van der Waals surface area contributed by atoms with Crippen molar-refractivity contribution in [3.05, 3.63) is 243 Å². The van der Waals surface area contributed by atoms with Crippen LogP contribution in [-0.4, -0.2) is 17.2 Å². The van der Waals surface area contributed by atoms with Crippen molar-refractivity contribution in [1.82, 2.24) is 9.13 Å². The number of nitrogens with zero attached hydrogens (tertiary/aromatic N) is 2. The van der Waals surface area contributed by atoms with Crippen LogP contribution in [0.15, 0.2) is 243 Å². The van der Waals surface area contributed by atoms with Crippen molar-refractivity contribution in [2.24, 2.45) is 0 Å². The van der Waals surface area contributed by atoms with E-state index in [0.29, 0.717) is 0 Å². The van der Waals surface area contributed by atoms with Crippen molar-refractivity contribution in [1.29, 1.82) is 0 Å². The van der Waals surface area contributed by atoms with Gasteiger partial charge in [-0.3, -0.25) is 0 Å². The molecule has 10 aromatic carbocycles. The van der Waals surface area contributed by atoms with Gasteiger partial charge in [0, 0.05) is 47.4 Å². The van der Waals surface area contributed by atoms with Crippen molar-refractivity contribution in [3.63, 3.8) is 0 Å². The summed E-state index contributed by atoms with van der Waals surface area (Å²) in [4.78, 5) is 0. The van der Waals surface area contributed by atoms with Gasteiger partial charge < -0.3 is 9.13 Å². The molecule has 0 bridgehead atoms. The molecular formula is C60H40N2SSi. The van der Waals surface area contributed by atoms with Gasteiger partial charge in [-0.15, -0.1) is 11.3 Å². The Labute approximate surface area is 376 Å². The summed E-state index contributed by atoms with van der Waals surface area (Å²) in [5.74, 6) is 0. The molecular weight excluding hydrogens is 809 g/mol. The molecule has 3 aromatic heterocycles. The van der Waals surface area contributed by atoms with Crippen LogP contribution in [0.2, 0.25) is 0 Å². The second kappa shape index (κ2) is 14.7. The van der Waals surface area contributed by atoms with Gasteiger partial charge in [0.25, 0.3) is 0 Å². The third-order valence-corrected chi connectivity index (χ3v) is 19.4. The second-order valence-electron chi connectivity index (χ2n) is 16.8. The van der Waals surface area contributed by atoms with Crippen LogP contribution in [0.1, 0.15) is 0 Å². The third-order valence-electron chi connectivity index (χ3n) is 13.5. The first kappa shape index (κ1) is 36.9. The Balaban J connectivity index is 1.01. The Morgan fingerprint density at radius 2 is 0.781 bits per heavy atom. The quantitative estimate of drug-likeness (QED) is 0.112. The highest BCUT2D eigenvalue weighted by molar-refractivity contribution is 7.25. The molecule has 0 amide bonds. The average molecular weight is 849 g/mol. The van der Waals surface area contributed by atoms with Crippen LogP contribution in [0.5, 0.6) is 0 Å². The van der Waals surface area contributed by atoms with Gasteiger partial charge in [0.1, 0.15) is 0 Å². The zero-order valence-electron chi connectivity index (χ0n) is 34.9. The van der Waals surface area contributed by atoms with E-state index in [-0.39, 0.29) is 0 Å². The first-order valence-corrected chi connectivity index (χ1v) is 24.8. The van der Waals surface area contributed by atoms with Crippen molar-refractivity contribution in [2.75, 3.05) is 0 Å². The highest BCUT2D eigenvalue weighted by Gasteiger charge is 2.41.